The van der Waals surface area contributed by atoms with Crippen LogP contribution in [0.25, 0.3) is 0 Å². The zero-order chi connectivity index (χ0) is 30.4. The van der Waals surface area contributed by atoms with Gasteiger partial charge in [-0.3, -0.25) is 19.2 Å². The molecule has 1 aliphatic rings. The van der Waals surface area contributed by atoms with Crippen LogP contribution in [0, 0.1) is 11.6 Å². The van der Waals surface area contributed by atoms with E-state index in [-0.39, 0.29) is 44.1 Å². The topological polar surface area (TPSA) is 125 Å². The molecule has 0 bridgehead atoms. The number of benzene rings is 3. The van der Waals surface area contributed by atoms with E-state index in [9.17, 15) is 28.0 Å². The zero-order valence-corrected chi connectivity index (χ0v) is 23.2. The first-order chi connectivity index (χ1) is 20.0. The number of nitrogen functional groups attached to an aromatic ring is 1. The van der Waals surface area contributed by atoms with Gasteiger partial charge >= 0.3 is 0 Å². The van der Waals surface area contributed by atoms with E-state index in [4.69, 9.17) is 10.5 Å². The van der Waals surface area contributed by atoms with E-state index in [0.29, 0.717) is 28.8 Å². The molecule has 42 heavy (non-hydrogen) atoms. The van der Waals surface area contributed by atoms with E-state index in [2.05, 4.69) is 5.32 Å². The monoisotopic (exact) mass is 579 g/mol. The number of rotatable bonds is 9. The lowest BCUT2D eigenvalue weighted by molar-refractivity contribution is -0.139. The lowest BCUT2D eigenvalue weighted by atomic mass is 10.0. The minimum Gasteiger partial charge on any atom is -0.497 e. The molecule has 10 nitrogen and oxygen atoms in total. The third kappa shape index (κ3) is 7.39. The van der Waals surface area contributed by atoms with Gasteiger partial charge in [0.05, 0.1) is 13.7 Å². The van der Waals surface area contributed by atoms with Crippen molar-refractivity contribution in [2.75, 3.05) is 51.0 Å². The van der Waals surface area contributed by atoms with E-state index >= 15 is 0 Å². The second-order valence-corrected chi connectivity index (χ2v) is 9.86. The first-order valence-corrected chi connectivity index (χ1v) is 13.1. The summed E-state index contributed by atoms with van der Waals surface area (Å²) in [5.41, 5.74) is 7.24. The normalized spacial score (nSPS) is 13.9. The summed E-state index contributed by atoms with van der Waals surface area (Å²) in [6.07, 6.45) is -0.197. The van der Waals surface area contributed by atoms with Gasteiger partial charge in [-0.15, -0.1) is 0 Å². The Balaban J connectivity index is 1.44. The predicted molar refractivity (Wildman–Crippen MR) is 152 cm³/mol. The molecule has 1 heterocycles. The summed E-state index contributed by atoms with van der Waals surface area (Å²) < 4.78 is 32.9. The van der Waals surface area contributed by atoms with Crippen LogP contribution >= 0.6 is 0 Å². The number of methoxy groups -OCH3 is 1. The first-order valence-electron chi connectivity index (χ1n) is 13.1. The van der Waals surface area contributed by atoms with Gasteiger partial charge in [-0.1, -0.05) is 0 Å². The molecule has 0 aromatic heterocycles. The summed E-state index contributed by atoms with van der Waals surface area (Å²) in [6, 6.07) is 14.7. The van der Waals surface area contributed by atoms with E-state index in [1.807, 2.05) is 0 Å². The average molecular weight is 580 g/mol. The van der Waals surface area contributed by atoms with Crippen molar-refractivity contribution in [3.05, 3.63) is 89.5 Å². The Morgan fingerprint density at radius 3 is 2.24 bits per heavy atom. The molecule has 0 radical (unpaired) electrons. The number of hydrogen-bond donors (Lipinski definition) is 2. The molecule has 3 aromatic rings. The Hall–Kier alpha value is -5.00. The molecule has 3 aromatic carbocycles. The number of hydrogen-bond acceptors (Lipinski definition) is 6. The van der Waals surface area contributed by atoms with Crippen LogP contribution in [-0.4, -0.2) is 79.8 Å². The standard InChI is InChI=1S/C30H31F2N5O5/c1-35(24-7-9-25(42-2)10-8-24)30(41)26(15-19-13-21(31)16-22(32)14-19)34-27(38)17-36-11-12-37(18-28(36)39)29(40)20-3-5-23(33)6-4-20/h3-10,13-14,16,26H,11-12,15,17-18,33H2,1-2H3,(H,34,38)/t26-/m0/s1. The van der Waals surface area contributed by atoms with E-state index in [1.54, 1.807) is 48.5 Å². The van der Waals surface area contributed by atoms with Gasteiger partial charge in [-0.2, -0.15) is 0 Å². The molecule has 3 N–H and O–H groups in total. The number of carbonyl (C=O) groups excluding carboxylic acids is 4. The second kappa shape index (κ2) is 13.1. The van der Waals surface area contributed by atoms with Gasteiger partial charge in [-0.25, -0.2) is 8.78 Å². The van der Waals surface area contributed by atoms with Gasteiger partial charge in [0.1, 0.15) is 30.0 Å². The van der Waals surface area contributed by atoms with E-state index < -0.39 is 35.4 Å². The maximum absolute atomic E-state index is 13.9. The maximum atomic E-state index is 13.9. The molecule has 0 spiro atoms. The van der Waals surface area contributed by atoms with Crippen LogP contribution in [0.2, 0.25) is 0 Å². The van der Waals surface area contributed by atoms with Crippen LogP contribution < -0.4 is 20.7 Å². The fourth-order valence-electron chi connectivity index (χ4n) is 4.60. The summed E-state index contributed by atoms with van der Waals surface area (Å²) in [4.78, 5) is 56.2. The van der Waals surface area contributed by atoms with Crippen LogP contribution in [0.4, 0.5) is 20.2 Å². The molecular weight excluding hydrogens is 548 g/mol. The average Bonchev–Trinajstić information content (AvgIpc) is 2.96. The number of likely N-dealkylation sites (N-methyl/N-ethyl adjacent to an activating group) is 1. The molecule has 4 amide bonds. The number of amides is 4. The van der Waals surface area contributed by atoms with Crippen molar-refractivity contribution < 1.29 is 32.7 Å². The van der Waals surface area contributed by atoms with Crippen LogP contribution in [0.15, 0.2) is 66.7 Å². The third-order valence-corrected chi connectivity index (χ3v) is 6.88. The zero-order valence-electron chi connectivity index (χ0n) is 23.2. The third-order valence-electron chi connectivity index (χ3n) is 6.88. The first kappa shape index (κ1) is 30.0. The largest absolute Gasteiger partial charge is 0.497 e. The second-order valence-electron chi connectivity index (χ2n) is 9.86. The summed E-state index contributed by atoms with van der Waals surface area (Å²) in [7, 11) is 3.02. The van der Waals surface area contributed by atoms with Crippen LogP contribution in [0.5, 0.6) is 5.75 Å². The highest BCUT2D eigenvalue weighted by atomic mass is 19.1. The SMILES string of the molecule is COc1ccc(N(C)C(=O)[C@H](Cc2cc(F)cc(F)c2)NC(=O)CN2CCN(C(=O)c3ccc(N)cc3)CC2=O)cc1. The van der Waals surface area contributed by atoms with E-state index in [1.165, 1.54) is 28.9 Å². The van der Waals surface area contributed by atoms with Crippen LogP contribution in [0.1, 0.15) is 15.9 Å². The van der Waals surface area contributed by atoms with Crippen LogP contribution in [-0.2, 0) is 20.8 Å². The Morgan fingerprint density at radius 2 is 1.64 bits per heavy atom. The summed E-state index contributed by atoms with van der Waals surface area (Å²) in [5.74, 6) is -3.00. The molecule has 220 valence electrons. The van der Waals surface area contributed by atoms with Gasteiger partial charge in [0.15, 0.2) is 0 Å². The van der Waals surface area contributed by atoms with Crippen molar-refractivity contribution in [1.82, 2.24) is 15.1 Å². The molecule has 4 rings (SSSR count). The van der Waals surface area contributed by atoms with Gasteiger partial charge < -0.3 is 30.5 Å². The lowest BCUT2D eigenvalue weighted by Gasteiger charge is -2.34. The Morgan fingerprint density at radius 1 is 1.00 bits per heavy atom. The molecular formula is C30H31F2N5O5. The molecule has 0 unspecified atom stereocenters. The molecule has 1 fully saturated rings. The van der Waals surface area contributed by atoms with E-state index in [0.717, 1.165) is 12.1 Å². The van der Waals surface area contributed by atoms with Gasteiger partial charge in [0.25, 0.3) is 5.91 Å². The number of nitrogens with two attached hydrogens (primary N) is 1. The predicted octanol–water partition coefficient (Wildman–Crippen LogP) is 2.23. The van der Waals surface area contributed by atoms with Gasteiger partial charge in [0.2, 0.25) is 17.7 Å². The summed E-state index contributed by atoms with van der Waals surface area (Å²) >= 11 is 0. The molecule has 12 heteroatoms. The number of nitrogens with one attached hydrogen (secondary N) is 1. The fourth-order valence-corrected chi connectivity index (χ4v) is 4.60. The molecule has 1 atom stereocenters. The molecule has 0 saturated carbocycles. The Kier molecular flexibility index (Phi) is 9.35. The lowest BCUT2D eigenvalue weighted by Crippen LogP contribution is -2.56. The minimum absolute atomic E-state index is 0.104. The maximum Gasteiger partial charge on any atom is 0.254 e. The number of anilines is 2. The minimum atomic E-state index is -1.20. The number of nitrogens with zero attached hydrogens (tertiary/aromatic N) is 3. The highest BCUT2D eigenvalue weighted by Crippen LogP contribution is 2.20. The molecule has 1 saturated heterocycles. The van der Waals surface area contributed by atoms with Crippen molar-refractivity contribution in [3.8, 4) is 5.75 Å². The van der Waals surface area contributed by atoms with Gasteiger partial charge in [0, 0.05) is 49.6 Å². The fraction of sp³-hybridized carbons (Fsp3) is 0.267. The van der Waals surface area contributed by atoms with Crippen molar-refractivity contribution >= 4 is 35.0 Å². The molecule has 1 aliphatic heterocycles. The summed E-state index contributed by atoms with van der Waals surface area (Å²) in [5, 5.41) is 2.62. The number of piperazine rings is 1. The number of carbonyl (C=O) groups is 4. The van der Waals surface area contributed by atoms with Crippen molar-refractivity contribution in [2.24, 2.45) is 0 Å². The molecule has 0 aliphatic carbocycles. The smallest absolute Gasteiger partial charge is 0.254 e. The quantitative estimate of drug-likeness (QED) is 0.375. The summed E-state index contributed by atoms with van der Waals surface area (Å²) in [6.45, 7) is -0.280. The highest BCUT2D eigenvalue weighted by molar-refractivity contribution is 6.00. The van der Waals surface area contributed by atoms with Gasteiger partial charge in [-0.05, 0) is 66.2 Å². The Labute approximate surface area is 241 Å². The Bertz CT molecular complexity index is 1450. The van der Waals surface area contributed by atoms with Crippen molar-refractivity contribution in [2.45, 2.75) is 12.5 Å². The number of ether oxygens (including phenoxy) is 1. The number of halogens is 2. The van der Waals surface area contributed by atoms with Crippen molar-refractivity contribution in [1.29, 1.82) is 0 Å². The van der Waals surface area contributed by atoms with Crippen LogP contribution in [0.3, 0.4) is 0 Å². The van der Waals surface area contributed by atoms with Crippen molar-refractivity contribution in [3.63, 3.8) is 0 Å². The highest BCUT2D eigenvalue weighted by Gasteiger charge is 2.31.